The molecule has 1 aliphatic rings. The Hall–Kier alpha value is -1.69. The molecule has 0 unspecified atom stereocenters. The fraction of sp³-hybridized carbons (Fsp3) is 0.688. The van der Waals surface area contributed by atoms with Crippen LogP contribution in [-0.2, 0) is 11.2 Å². The third-order valence-corrected chi connectivity index (χ3v) is 4.06. The molecule has 0 spiro atoms. The SMILES string of the molecule is CC(C)CCOc1cc(C[C@H](C(=O)O)[C@H]2CCNC2)ncn1. The van der Waals surface area contributed by atoms with Crippen molar-refractivity contribution in [1.29, 1.82) is 0 Å². The van der Waals surface area contributed by atoms with E-state index in [9.17, 15) is 9.90 Å². The first-order valence-electron chi connectivity index (χ1n) is 7.93. The van der Waals surface area contributed by atoms with Gasteiger partial charge in [0.05, 0.1) is 12.5 Å². The van der Waals surface area contributed by atoms with Gasteiger partial charge in [-0.05, 0) is 37.8 Å². The van der Waals surface area contributed by atoms with Gasteiger partial charge in [-0.1, -0.05) is 13.8 Å². The highest BCUT2D eigenvalue weighted by Gasteiger charge is 2.31. The Bertz CT molecular complexity index is 487. The van der Waals surface area contributed by atoms with E-state index < -0.39 is 11.9 Å². The molecule has 0 aromatic carbocycles. The van der Waals surface area contributed by atoms with Crippen molar-refractivity contribution < 1.29 is 14.6 Å². The quantitative estimate of drug-likeness (QED) is 0.761. The maximum absolute atomic E-state index is 11.5. The lowest BCUT2D eigenvalue weighted by molar-refractivity contribution is -0.143. The second kappa shape index (κ2) is 8.08. The summed E-state index contributed by atoms with van der Waals surface area (Å²) in [6.07, 6.45) is 3.74. The minimum Gasteiger partial charge on any atom is -0.481 e. The molecule has 2 atom stereocenters. The summed E-state index contributed by atoms with van der Waals surface area (Å²) >= 11 is 0. The van der Waals surface area contributed by atoms with Crippen LogP contribution in [0.1, 0.15) is 32.4 Å². The van der Waals surface area contributed by atoms with Gasteiger partial charge in [-0.2, -0.15) is 0 Å². The molecular weight excluding hydrogens is 282 g/mol. The second-order valence-electron chi connectivity index (χ2n) is 6.28. The number of nitrogens with zero attached hydrogens (tertiary/aromatic N) is 2. The van der Waals surface area contributed by atoms with E-state index in [4.69, 9.17) is 4.74 Å². The van der Waals surface area contributed by atoms with Gasteiger partial charge in [0.1, 0.15) is 6.33 Å². The lowest BCUT2D eigenvalue weighted by Crippen LogP contribution is -2.27. The van der Waals surface area contributed by atoms with E-state index in [1.54, 1.807) is 6.07 Å². The smallest absolute Gasteiger partial charge is 0.307 e. The molecule has 1 saturated heterocycles. The Balaban J connectivity index is 1.97. The number of ether oxygens (including phenoxy) is 1. The summed E-state index contributed by atoms with van der Waals surface area (Å²) in [5, 5.41) is 12.7. The molecule has 1 fully saturated rings. The highest BCUT2D eigenvalue weighted by molar-refractivity contribution is 5.70. The lowest BCUT2D eigenvalue weighted by Gasteiger charge is -2.18. The van der Waals surface area contributed by atoms with Crippen LogP contribution in [0.4, 0.5) is 0 Å². The van der Waals surface area contributed by atoms with Crippen molar-refractivity contribution >= 4 is 5.97 Å². The molecule has 0 saturated carbocycles. The first-order chi connectivity index (χ1) is 10.6. The molecule has 6 heteroatoms. The number of rotatable bonds is 8. The summed E-state index contributed by atoms with van der Waals surface area (Å²) in [7, 11) is 0. The maximum Gasteiger partial charge on any atom is 0.307 e. The van der Waals surface area contributed by atoms with Crippen molar-refractivity contribution in [2.75, 3.05) is 19.7 Å². The molecule has 0 bridgehead atoms. The molecule has 2 rings (SSSR count). The fourth-order valence-corrected chi connectivity index (χ4v) is 2.67. The number of nitrogens with one attached hydrogen (secondary N) is 1. The van der Waals surface area contributed by atoms with Crippen molar-refractivity contribution in [3.8, 4) is 5.88 Å². The number of hydrogen-bond donors (Lipinski definition) is 2. The zero-order valence-corrected chi connectivity index (χ0v) is 13.3. The fourth-order valence-electron chi connectivity index (χ4n) is 2.67. The standard InChI is InChI=1S/C16H25N3O3/c1-11(2)4-6-22-15-8-13(18-10-19-15)7-14(16(20)21)12-3-5-17-9-12/h8,10-12,14,17H,3-7,9H2,1-2H3,(H,20,21)/t12-,14-/m0/s1. The van der Waals surface area contributed by atoms with E-state index in [2.05, 4.69) is 29.1 Å². The van der Waals surface area contributed by atoms with Crippen LogP contribution in [0.25, 0.3) is 0 Å². The maximum atomic E-state index is 11.5. The molecule has 1 aromatic rings. The van der Waals surface area contributed by atoms with Crippen molar-refractivity contribution in [1.82, 2.24) is 15.3 Å². The van der Waals surface area contributed by atoms with Crippen LogP contribution in [0, 0.1) is 17.8 Å². The van der Waals surface area contributed by atoms with Crippen molar-refractivity contribution in [3.05, 3.63) is 18.1 Å². The van der Waals surface area contributed by atoms with Gasteiger partial charge < -0.3 is 15.2 Å². The Morgan fingerprint density at radius 1 is 1.50 bits per heavy atom. The monoisotopic (exact) mass is 307 g/mol. The summed E-state index contributed by atoms with van der Waals surface area (Å²) in [5.41, 5.74) is 0.730. The zero-order valence-electron chi connectivity index (χ0n) is 13.3. The van der Waals surface area contributed by atoms with Gasteiger partial charge in [-0.3, -0.25) is 4.79 Å². The van der Waals surface area contributed by atoms with E-state index in [-0.39, 0.29) is 5.92 Å². The molecule has 2 heterocycles. The van der Waals surface area contributed by atoms with E-state index >= 15 is 0 Å². The Labute approximate surface area is 131 Å². The van der Waals surface area contributed by atoms with E-state index in [1.165, 1.54) is 6.33 Å². The molecule has 122 valence electrons. The zero-order chi connectivity index (χ0) is 15.9. The minimum atomic E-state index is -0.755. The number of hydrogen-bond acceptors (Lipinski definition) is 5. The van der Waals surface area contributed by atoms with Crippen LogP contribution < -0.4 is 10.1 Å². The predicted octanol–water partition coefficient (Wildman–Crippen LogP) is 1.75. The summed E-state index contributed by atoms with van der Waals surface area (Å²) < 4.78 is 5.61. The van der Waals surface area contributed by atoms with Crippen molar-refractivity contribution in [3.63, 3.8) is 0 Å². The van der Waals surface area contributed by atoms with Crippen LogP contribution in [0.2, 0.25) is 0 Å². The third kappa shape index (κ3) is 4.94. The van der Waals surface area contributed by atoms with Gasteiger partial charge in [-0.15, -0.1) is 0 Å². The number of aliphatic carboxylic acids is 1. The molecule has 0 amide bonds. The van der Waals surface area contributed by atoms with Crippen LogP contribution in [0.3, 0.4) is 0 Å². The van der Waals surface area contributed by atoms with Crippen LogP contribution in [0.5, 0.6) is 5.88 Å². The van der Waals surface area contributed by atoms with Gasteiger partial charge in [0, 0.05) is 18.2 Å². The molecule has 0 radical (unpaired) electrons. The molecule has 2 N–H and O–H groups in total. The Kier molecular flexibility index (Phi) is 6.12. The Morgan fingerprint density at radius 3 is 2.95 bits per heavy atom. The van der Waals surface area contributed by atoms with Crippen molar-refractivity contribution in [2.24, 2.45) is 17.8 Å². The average Bonchev–Trinajstić information content (AvgIpc) is 2.98. The predicted molar refractivity (Wildman–Crippen MR) is 82.8 cm³/mol. The summed E-state index contributed by atoms with van der Waals surface area (Å²) in [4.78, 5) is 19.8. The van der Waals surface area contributed by atoms with Gasteiger partial charge in [0.2, 0.25) is 5.88 Å². The van der Waals surface area contributed by atoms with E-state index in [1.807, 2.05) is 0 Å². The average molecular weight is 307 g/mol. The number of aromatic nitrogens is 2. The van der Waals surface area contributed by atoms with Crippen LogP contribution >= 0.6 is 0 Å². The first-order valence-corrected chi connectivity index (χ1v) is 7.93. The minimum absolute atomic E-state index is 0.165. The van der Waals surface area contributed by atoms with Gasteiger partial charge >= 0.3 is 5.97 Å². The second-order valence-corrected chi connectivity index (χ2v) is 6.28. The van der Waals surface area contributed by atoms with Gasteiger partial charge in [-0.25, -0.2) is 9.97 Å². The number of carboxylic acid groups (broad SMARTS) is 1. The van der Waals surface area contributed by atoms with Gasteiger partial charge in [0.15, 0.2) is 0 Å². The number of carboxylic acids is 1. The third-order valence-electron chi connectivity index (χ3n) is 4.06. The number of carbonyl (C=O) groups is 1. The molecule has 1 aliphatic heterocycles. The first kappa shape index (κ1) is 16.7. The lowest BCUT2D eigenvalue weighted by atomic mass is 9.87. The highest BCUT2D eigenvalue weighted by Crippen LogP contribution is 2.23. The molecule has 0 aliphatic carbocycles. The molecule has 22 heavy (non-hydrogen) atoms. The summed E-state index contributed by atoms with van der Waals surface area (Å²) in [5.74, 6) is 0.104. The van der Waals surface area contributed by atoms with Crippen LogP contribution in [-0.4, -0.2) is 40.7 Å². The Morgan fingerprint density at radius 2 is 2.32 bits per heavy atom. The van der Waals surface area contributed by atoms with Gasteiger partial charge in [0.25, 0.3) is 0 Å². The van der Waals surface area contributed by atoms with Crippen LogP contribution in [0.15, 0.2) is 12.4 Å². The summed E-state index contributed by atoms with van der Waals surface area (Å²) in [6.45, 7) is 6.55. The molecule has 6 nitrogen and oxygen atoms in total. The molecular formula is C16H25N3O3. The highest BCUT2D eigenvalue weighted by atomic mass is 16.5. The van der Waals surface area contributed by atoms with E-state index in [0.29, 0.717) is 24.8 Å². The van der Waals surface area contributed by atoms with E-state index in [0.717, 1.165) is 31.6 Å². The van der Waals surface area contributed by atoms with Crippen molar-refractivity contribution in [2.45, 2.75) is 33.1 Å². The topological polar surface area (TPSA) is 84.3 Å². The molecule has 1 aromatic heterocycles. The summed E-state index contributed by atoms with van der Waals surface area (Å²) in [6, 6.07) is 1.76. The normalized spacial score (nSPS) is 19.3. The largest absolute Gasteiger partial charge is 0.481 e.